The second-order valence-corrected chi connectivity index (χ2v) is 6.45. The molecule has 0 saturated carbocycles. The van der Waals surface area contributed by atoms with Gasteiger partial charge in [0.15, 0.2) is 5.58 Å². The van der Waals surface area contributed by atoms with Crippen molar-refractivity contribution >= 4 is 34.6 Å². The summed E-state index contributed by atoms with van der Waals surface area (Å²) >= 11 is 5.90. The maximum atomic E-state index is 13.6. The first kappa shape index (κ1) is 17.3. The summed E-state index contributed by atoms with van der Waals surface area (Å²) in [4.78, 5) is 28.3. The summed E-state index contributed by atoms with van der Waals surface area (Å²) in [6.07, 6.45) is 0. The second-order valence-electron chi connectivity index (χ2n) is 6.04. The molecule has 138 valence electrons. The van der Waals surface area contributed by atoms with Crippen LogP contribution in [0.1, 0.15) is 17.5 Å². The number of para-hydroxylation sites is 2. The van der Waals surface area contributed by atoms with Gasteiger partial charge in [0.05, 0.1) is 5.02 Å². The van der Waals surface area contributed by atoms with Crippen LogP contribution in [0.15, 0.2) is 46.9 Å². The van der Waals surface area contributed by atoms with Gasteiger partial charge in [0.1, 0.15) is 23.4 Å². The summed E-state index contributed by atoms with van der Waals surface area (Å²) < 4.78 is 19.3. The van der Waals surface area contributed by atoms with Crippen LogP contribution in [0.3, 0.4) is 0 Å². The molecule has 2 aromatic carbocycles. The Morgan fingerprint density at radius 3 is 2.85 bits per heavy atom. The average molecular weight is 389 g/mol. The summed E-state index contributed by atoms with van der Waals surface area (Å²) in [5, 5.41) is 7.73. The molecule has 0 spiro atoms. The first-order chi connectivity index (χ1) is 13.0. The van der Waals surface area contributed by atoms with Crippen LogP contribution in [0.5, 0.6) is 0 Å². The lowest BCUT2D eigenvalue weighted by molar-refractivity contribution is -0.123. The van der Waals surface area contributed by atoms with E-state index in [9.17, 15) is 14.0 Å². The molecule has 7 nitrogen and oxygen atoms in total. The molecular weight excluding hydrogens is 375 g/mol. The fourth-order valence-corrected chi connectivity index (χ4v) is 3.04. The van der Waals surface area contributed by atoms with E-state index in [1.807, 2.05) is 6.07 Å². The zero-order valence-corrected chi connectivity index (χ0v) is 14.6. The maximum Gasteiger partial charge on any atom is 0.315 e. The van der Waals surface area contributed by atoms with Crippen molar-refractivity contribution in [3.8, 4) is 0 Å². The van der Waals surface area contributed by atoms with Crippen LogP contribution >= 0.6 is 11.6 Å². The molecule has 0 bridgehead atoms. The Morgan fingerprint density at radius 2 is 2.15 bits per heavy atom. The molecule has 4 rings (SSSR count). The highest BCUT2D eigenvalue weighted by atomic mass is 35.5. The number of oxazole rings is 1. The van der Waals surface area contributed by atoms with Crippen molar-refractivity contribution < 1.29 is 18.4 Å². The number of urea groups is 1. The van der Waals surface area contributed by atoms with Gasteiger partial charge in [-0.05, 0) is 29.8 Å². The minimum Gasteiger partial charge on any atom is -0.438 e. The van der Waals surface area contributed by atoms with Gasteiger partial charge in [-0.15, -0.1) is 0 Å². The molecule has 27 heavy (non-hydrogen) atoms. The van der Waals surface area contributed by atoms with Gasteiger partial charge in [-0.3, -0.25) is 4.79 Å². The summed E-state index contributed by atoms with van der Waals surface area (Å²) in [6.45, 7) is 0.162. The summed E-state index contributed by atoms with van der Waals surface area (Å²) in [5.41, 5.74) is 1.67. The number of aromatic nitrogens is 1. The molecule has 1 aromatic heterocycles. The van der Waals surface area contributed by atoms with Gasteiger partial charge in [0, 0.05) is 6.54 Å². The molecule has 2 heterocycles. The van der Waals surface area contributed by atoms with Crippen LogP contribution < -0.4 is 16.0 Å². The first-order valence-electron chi connectivity index (χ1n) is 8.16. The number of benzene rings is 2. The van der Waals surface area contributed by atoms with E-state index in [1.54, 1.807) is 18.2 Å². The standard InChI is InChI=1S/C18H14ClFN4O3/c19-10-7-9(5-6-11(10)20)15(24-16(25)13-8-21-18(26)23-13)17-22-12-3-1-2-4-14(12)27-17/h1-7,13,15H,8H2,(H,24,25)(H2,21,23,26)/t13-,15-/m0/s1. The van der Waals surface area contributed by atoms with Crippen LogP contribution in [0.4, 0.5) is 9.18 Å². The van der Waals surface area contributed by atoms with E-state index in [-0.39, 0.29) is 17.5 Å². The number of fused-ring (bicyclic) bond motifs is 1. The molecule has 1 aliphatic heterocycles. The third kappa shape index (κ3) is 3.43. The molecule has 3 aromatic rings. The summed E-state index contributed by atoms with van der Waals surface area (Å²) in [6, 6.07) is 9.30. The van der Waals surface area contributed by atoms with Crippen LogP contribution in [0.2, 0.25) is 5.02 Å². The van der Waals surface area contributed by atoms with Crippen molar-refractivity contribution in [3.05, 3.63) is 64.8 Å². The number of hydrogen-bond donors (Lipinski definition) is 3. The van der Waals surface area contributed by atoms with Gasteiger partial charge in [0.2, 0.25) is 11.8 Å². The number of rotatable bonds is 4. The molecule has 3 amide bonds. The highest BCUT2D eigenvalue weighted by molar-refractivity contribution is 6.30. The number of amides is 3. The fraction of sp³-hybridized carbons (Fsp3) is 0.167. The van der Waals surface area contributed by atoms with Gasteiger partial charge in [0.25, 0.3) is 0 Å². The molecule has 3 N–H and O–H groups in total. The first-order valence-corrected chi connectivity index (χ1v) is 8.54. The van der Waals surface area contributed by atoms with Gasteiger partial charge >= 0.3 is 6.03 Å². The predicted octanol–water partition coefficient (Wildman–Crippen LogP) is 2.51. The van der Waals surface area contributed by atoms with Crippen molar-refractivity contribution in [1.29, 1.82) is 0 Å². The molecular formula is C18H14ClFN4O3. The molecule has 0 radical (unpaired) electrons. The largest absolute Gasteiger partial charge is 0.438 e. The van der Waals surface area contributed by atoms with E-state index in [0.717, 1.165) is 0 Å². The van der Waals surface area contributed by atoms with Crippen molar-refractivity contribution in [2.45, 2.75) is 12.1 Å². The molecule has 9 heteroatoms. The van der Waals surface area contributed by atoms with Gasteiger partial charge in [-0.2, -0.15) is 0 Å². The van der Waals surface area contributed by atoms with Gasteiger partial charge in [-0.1, -0.05) is 29.8 Å². The number of halogens is 2. The van der Waals surface area contributed by atoms with E-state index in [1.165, 1.54) is 18.2 Å². The quantitative estimate of drug-likeness (QED) is 0.639. The molecule has 1 saturated heterocycles. The number of carbonyl (C=O) groups is 2. The highest BCUT2D eigenvalue weighted by Crippen LogP contribution is 2.28. The van der Waals surface area contributed by atoms with Crippen LogP contribution in [-0.2, 0) is 4.79 Å². The van der Waals surface area contributed by atoms with Crippen molar-refractivity contribution in [1.82, 2.24) is 20.9 Å². The molecule has 0 aliphatic carbocycles. The molecule has 1 fully saturated rings. The predicted molar refractivity (Wildman–Crippen MR) is 95.7 cm³/mol. The smallest absolute Gasteiger partial charge is 0.315 e. The molecule has 0 unspecified atom stereocenters. The Hall–Kier alpha value is -3.13. The van der Waals surface area contributed by atoms with Crippen molar-refractivity contribution in [3.63, 3.8) is 0 Å². The van der Waals surface area contributed by atoms with E-state index in [0.29, 0.717) is 16.7 Å². The number of hydrogen-bond acceptors (Lipinski definition) is 4. The summed E-state index contributed by atoms with van der Waals surface area (Å²) in [7, 11) is 0. The maximum absolute atomic E-state index is 13.6. The summed E-state index contributed by atoms with van der Waals surface area (Å²) in [5.74, 6) is -0.777. The number of nitrogens with zero attached hydrogens (tertiary/aromatic N) is 1. The number of carbonyl (C=O) groups excluding carboxylic acids is 2. The van der Waals surface area contributed by atoms with Crippen LogP contribution in [-0.4, -0.2) is 29.5 Å². The third-order valence-electron chi connectivity index (χ3n) is 4.21. The van der Waals surface area contributed by atoms with Gasteiger partial charge in [-0.25, -0.2) is 14.2 Å². The van der Waals surface area contributed by atoms with Crippen LogP contribution in [0.25, 0.3) is 11.1 Å². The van der Waals surface area contributed by atoms with Crippen LogP contribution in [0, 0.1) is 5.82 Å². The monoisotopic (exact) mass is 388 g/mol. The Balaban J connectivity index is 1.71. The zero-order valence-electron chi connectivity index (χ0n) is 13.8. The fourth-order valence-electron chi connectivity index (χ4n) is 2.85. The van der Waals surface area contributed by atoms with E-state index in [4.69, 9.17) is 16.0 Å². The lowest BCUT2D eigenvalue weighted by Crippen LogP contribution is -2.44. The SMILES string of the molecule is O=C1NC[C@@H](C(=O)N[C@@H](c2ccc(F)c(Cl)c2)c2nc3ccccc3o2)N1. The van der Waals surface area contributed by atoms with E-state index >= 15 is 0 Å². The zero-order chi connectivity index (χ0) is 19.0. The number of nitrogens with one attached hydrogen (secondary N) is 3. The third-order valence-corrected chi connectivity index (χ3v) is 4.50. The second kappa shape index (κ2) is 6.88. The molecule has 1 aliphatic rings. The van der Waals surface area contributed by atoms with Gasteiger partial charge < -0.3 is 20.4 Å². The minimum absolute atomic E-state index is 0.0845. The lowest BCUT2D eigenvalue weighted by atomic mass is 10.1. The Morgan fingerprint density at radius 1 is 1.33 bits per heavy atom. The highest BCUT2D eigenvalue weighted by Gasteiger charge is 2.31. The normalized spacial score (nSPS) is 17.4. The van der Waals surface area contributed by atoms with Crippen molar-refractivity contribution in [2.75, 3.05) is 6.54 Å². The topological polar surface area (TPSA) is 96.3 Å². The Bertz CT molecular complexity index is 1010. The van der Waals surface area contributed by atoms with E-state index in [2.05, 4.69) is 20.9 Å². The lowest BCUT2D eigenvalue weighted by Gasteiger charge is -2.18. The molecule has 2 atom stereocenters. The van der Waals surface area contributed by atoms with E-state index < -0.39 is 29.8 Å². The Labute approximate surface area is 157 Å². The Kier molecular flexibility index (Phi) is 4.41. The average Bonchev–Trinajstić information content (AvgIpc) is 3.28. The van der Waals surface area contributed by atoms with Crippen molar-refractivity contribution in [2.24, 2.45) is 0 Å². The minimum atomic E-state index is -0.805.